The Morgan fingerprint density at radius 3 is 2.28 bits per heavy atom. The molecule has 0 aliphatic carbocycles. The lowest BCUT2D eigenvalue weighted by Gasteiger charge is -2.26. The standard InChI is InChI=1S/C18H30N4O2.HI/c1-7-22(17(23)24-18(4,5)6)9-8-20-16(19)21-15-11-13(2)10-14(3)12-15;/h10-12H,7-9H2,1-6H3,(H3,19,20,21);1H. The monoisotopic (exact) mass is 462 g/mol. The molecule has 0 saturated heterocycles. The summed E-state index contributed by atoms with van der Waals surface area (Å²) in [5.74, 6) is 0.334. The van der Waals surface area contributed by atoms with Crippen molar-refractivity contribution in [2.24, 2.45) is 10.7 Å². The van der Waals surface area contributed by atoms with Gasteiger partial charge in [0.15, 0.2) is 5.96 Å². The number of aliphatic imine (C=N–C) groups is 1. The molecule has 25 heavy (non-hydrogen) atoms. The molecule has 1 aromatic carbocycles. The van der Waals surface area contributed by atoms with Crippen molar-refractivity contribution in [2.75, 3.05) is 25.0 Å². The van der Waals surface area contributed by atoms with E-state index in [9.17, 15) is 4.79 Å². The van der Waals surface area contributed by atoms with Gasteiger partial charge in [-0.3, -0.25) is 4.99 Å². The van der Waals surface area contributed by atoms with Crippen LogP contribution in [0.25, 0.3) is 0 Å². The quantitative estimate of drug-likeness (QED) is 0.395. The van der Waals surface area contributed by atoms with E-state index in [0.717, 1.165) is 16.8 Å². The number of benzene rings is 1. The maximum atomic E-state index is 12.0. The van der Waals surface area contributed by atoms with Crippen LogP contribution in [0.1, 0.15) is 38.8 Å². The molecule has 0 saturated carbocycles. The lowest BCUT2D eigenvalue weighted by molar-refractivity contribution is 0.0266. The van der Waals surface area contributed by atoms with Crippen molar-refractivity contribution in [1.29, 1.82) is 0 Å². The summed E-state index contributed by atoms with van der Waals surface area (Å²) in [6, 6.07) is 6.11. The Hall–Kier alpha value is -1.51. The second kappa shape index (κ2) is 10.5. The zero-order valence-electron chi connectivity index (χ0n) is 16.0. The molecular formula is C18H31IN4O2. The van der Waals surface area contributed by atoms with Crippen molar-refractivity contribution in [1.82, 2.24) is 4.90 Å². The van der Waals surface area contributed by atoms with Crippen molar-refractivity contribution in [3.63, 3.8) is 0 Å². The molecule has 0 spiro atoms. The normalized spacial score (nSPS) is 11.5. The van der Waals surface area contributed by atoms with Crippen LogP contribution >= 0.6 is 24.0 Å². The van der Waals surface area contributed by atoms with Crippen molar-refractivity contribution < 1.29 is 9.53 Å². The van der Waals surface area contributed by atoms with Crippen LogP contribution in [0.4, 0.5) is 10.5 Å². The van der Waals surface area contributed by atoms with E-state index >= 15 is 0 Å². The number of likely N-dealkylation sites (N-methyl/N-ethyl adjacent to an activating group) is 1. The Labute approximate surface area is 168 Å². The minimum Gasteiger partial charge on any atom is -0.444 e. The number of ether oxygens (including phenoxy) is 1. The predicted octanol–water partition coefficient (Wildman–Crippen LogP) is 3.91. The first-order valence-electron chi connectivity index (χ1n) is 8.24. The number of rotatable bonds is 5. The van der Waals surface area contributed by atoms with E-state index in [1.165, 1.54) is 0 Å². The number of nitrogens with zero attached hydrogens (tertiary/aromatic N) is 2. The number of nitrogens with two attached hydrogens (primary N) is 1. The van der Waals surface area contributed by atoms with E-state index in [1.54, 1.807) is 4.90 Å². The third kappa shape index (κ3) is 9.52. The third-order valence-corrected chi connectivity index (χ3v) is 3.18. The van der Waals surface area contributed by atoms with Crippen LogP contribution in [0, 0.1) is 13.8 Å². The molecule has 0 aromatic heterocycles. The minimum absolute atomic E-state index is 0. The molecule has 0 bridgehead atoms. The van der Waals surface area contributed by atoms with Crippen LogP contribution in [0.2, 0.25) is 0 Å². The molecule has 1 amide bonds. The van der Waals surface area contributed by atoms with Gasteiger partial charge < -0.3 is 20.7 Å². The topological polar surface area (TPSA) is 80.0 Å². The molecule has 0 aliphatic heterocycles. The zero-order chi connectivity index (χ0) is 18.3. The van der Waals surface area contributed by atoms with Gasteiger partial charge in [0.2, 0.25) is 0 Å². The van der Waals surface area contributed by atoms with Gasteiger partial charge in [0.25, 0.3) is 0 Å². The maximum absolute atomic E-state index is 12.0. The van der Waals surface area contributed by atoms with Gasteiger partial charge in [0.05, 0.1) is 6.54 Å². The SMILES string of the molecule is CCN(CCN=C(N)Nc1cc(C)cc(C)c1)C(=O)OC(C)(C)C.I. The first-order valence-corrected chi connectivity index (χ1v) is 8.24. The summed E-state index contributed by atoms with van der Waals surface area (Å²) in [4.78, 5) is 17.9. The summed E-state index contributed by atoms with van der Waals surface area (Å²) in [7, 11) is 0. The fourth-order valence-electron chi connectivity index (χ4n) is 2.23. The smallest absolute Gasteiger partial charge is 0.410 e. The van der Waals surface area contributed by atoms with E-state index in [-0.39, 0.29) is 30.1 Å². The highest BCUT2D eigenvalue weighted by Crippen LogP contribution is 2.13. The van der Waals surface area contributed by atoms with Crippen LogP contribution in [0.15, 0.2) is 23.2 Å². The van der Waals surface area contributed by atoms with E-state index in [2.05, 4.69) is 16.4 Å². The second-order valence-corrected chi connectivity index (χ2v) is 6.83. The highest BCUT2D eigenvalue weighted by Gasteiger charge is 2.20. The number of anilines is 1. The highest BCUT2D eigenvalue weighted by molar-refractivity contribution is 14.0. The number of carbonyl (C=O) groups is 1. The maximum Gasteiger partial charge on any atom is 0.410 e. The van der Waals surface area contributed by atoms with E-state index in [1.807, 2.05) is 53.7 Å². The van der Waals surface area contributed by atoms with Crippen LogP contribution in [0.5, 0.6) is 0 Å². The van der Waals surface area contributed by atoms with Crippen molar-refractivity contribution in [3.8, 4) is 0 Å². The van der Waals surface area contributed by atoms with Gasteiger partial charge in [0.1, 0.15) is 5.60 Å². The molecule has 0 fully saturated rings. The Bertz CT molecular complexity index is 577. The van der Waals surface area contributed by atoms with Crippen molar-refractivity contribution in [3.05, 3.63) is 29.3 Å². The number of guanidine groups is 1. The Morgan fingerprint density at radius 2 is 1.80 bits per heavy atom. The number of carbonyl (C=O) groups excluding carboxylic acids is 1. The lowest BCUT2D eigenvalue weighted by Crippen LogP contribution is -2.38. The van der Waals surface area contributed by atoms with Crippen LogP contribution in [0.3, 0.4) is 0 Å². The Balaban J connectivity index is 0.00000576. The van der Waals surface area contributed by atoms with Gasteiger partial charge in [-0.25, -0.2) is 4.79 Å². The molecule has 0 atom stereocenters. The highest BCUT2D eigenvalue weighted by atomic mass is 127. The van der Waals surface area contributed by atoms with Gasteiger partial charge in [-0.1, -0.05) is 6.07 Å². The van der Waals surface area contributed by atoms with E-state index < -0.39 is 5.60 Å². The number of halogens is 1. The van der Waals surface area contributed by atoms with Gasteiger partial charge in [-0.2, -0.15) is 0 Å². The largest absolute Gasteiger partial charge is 0.444 e. The molecule has 3 N–H and O–H groups in total. The molecule has 0 aliphatic rings. The van der Waals surface area contributed by atoms with Gasteiger partial charge in [-0.05, 0) is 64.8 Å². The molecule has 1 rings (SSSR count). The summed E-state index contributed by atoms with van der Waals surface area (Å²) in [6.45, 7) is 13.0. The summed E-state index contributed by atoms with van der Waals surface area (Å²) < 4.78 is 5.36. The number of aryl methyl sites for hydroxylation is 2. The van der Waals surface area contributed by atoms with Crippen LogP contribution in [-0.2, 0) is 4.74 Å². The number of amides is 1. The van der Waals surface area contributed by atoms with E-state index in [0.29, 0.717) is 25.6 Å². The van der Waals surface area contributed by atoms with Crippen LogP contribution in [-0.4, -0.2) is 42.2 Å². The molecule has 6 nitrogen and oxygen atoms in total. The third-order valence-electron chi connectivity index (χ3n) is 3.18. The molecule has 0 radical (unpaired) electrons. The average molecular weight is 462 g/mol. The first-order chi connectivity index (χ1) is 11.1. The number of hydrogen-bond donors (Lipinski definition) is 2. The first kappa shape index (κ1) is 23.5. The fourth-order valence-corrected chi connectivity index (χ4v) is 2.23. The summed E-state index contributed by atoms with van der Waals surface area (Å²) in [5.41, 5.74) is 8.64. The number of nitrogens with one attached hydrogen (secondary N) is 1. The Morgan fingerprint density at radius 1 is 1.24 bits per heavy atom. The Kier molecular flexibility index (Phi) is 9.84. The lowest BCUT2D eigenvalue weighted by atomic mass is 10.1. The summed E-state index contributed by atoms with van der Waals surface area (Å²) >= 11 is 0. The zero-order valence-corrected chi connectivity index (χ0v) is 18.4. The minimum atomic E-state index is -0.503. The van der Waals surface area contributed by atoms with Crippen molar-refractivity contribution >= 4 is 41.7 Å². The molecule has 142 valence electrons. The van der Waals surface area contributed by atoms with Crippen LogP contribution < -0.4 is 11.1 Å². The number of hydrogen-bond acceptors (Lipinski definition) is 3. The van der Waals surface area contributed by atoms with Gasteiger partial charge >= 0.3 is 6.09 Å². The van der Waals surface area contributed by atoms with E-state index in [4.69, 9.17) is 10.5 Å². The summed E-state index contributed by atoms with van der Waals surface area (Å²) in [6.07, 6.45) is -0.332. The second-order valence-electron chi connectivity index (χ2n) is 6.83. The average Bonchev–Trinajstić information content (AvgIpc) is 2.40. The van der Waals surface area contributed by atoms with Gasteiger partial charge in [-0.15, -0.1) is 24.0 Å². The molecule has 0 heterocycles. The predicted molar refractivity (Wildman–Crippen MR) is 115 cm³/mol. The fraction of sp³-hybridized carbons (Fsp3) is 0.556. The molecule has 7 heteroatoms. The molecule has 0 unspecified atom stereocenters. The van der Waals surface area contributed by atoms with Crippen molar-refractivity contribution in [2.45, 2.75) is 47.1 Å². The molecule has 1 aromatic rings. The van der Waals surface area contributed by atoms with Gasteiger partial charge in [0, 0.05) is 18.8 Å². The summed E-state index contributed by atoms with van der Waals surface area (Å²) in [5, 5.41) is 3.08. The molecular weight excluding hydrogens is 431 g/mol.